The average molecular weight is 486 g/mol. The summed E-state index contributed by atoms with van der Waals surface area (Å²) in [6.07, 6.45) is 1.87. The summed E-state index contributed by atoms with van der Waals surface area (Å²) in [6, 6.07) is 16.2. The van der Waals surface area contributed by atoms with Crippen LogP contribution >= 0.6 is 23.1 Å². The Morgan fingerprint density at radius 3 is 2.74 bits per heavy atom. The molecule has 0 saturated carbocycles. The fourth-order valence-corrected chi connectivity index (χ4v) is 5.75. The van der Waals surface area contributed by atoms with Crippen molar-refractivity contribution in [3.05, 3.63) is 81.3 Å². The van der Waals surface area contributed by atoms with Crippen molar-refractivity contribution in [2.45, 2.75) is 24.8 Å². The molecule has 2 N–H and O–H groups in total. The van der Waals surface area contributed by atoms with Gasteiger partial charge in [-0.3, -0.25) is 4.79 Å². The van der Waals surface area contributed by atoms with E-state index in [1.807, 2.05) is 56.4 Å². The summed E-state index contributed by atoms with van der Waals surface area (Å²) >= 11 is 2.88. The number of para-hydroxylation sites is 1. The third kappa shape index (κ3) is 3.63. The molecule has 2 aromatic carbocycles. The van der Waals surface area contributed by atoms with Gasteiger partial charge in [0.05, 0.1) is 16.7 Å². The van der Waals surface area contributed by atoms with Gasteiger partial charge in [0, 0.05) is 27.5 Å². The number of hydrogen-bond donors (Lipinski definition) is 2. The number of thioether (sulfide) groups is 1. The maximum Gasteiger partial charge on any atom is 0.277 e. The smallest absolute Gasteiger partial charge is 0.277 e. The second kappa shape index (κ2) is 8.27. The van der Waals surface area contributed by atoms with Gasteiger partial charge in [0.25, 0.3) is 16.7 Å². The van der Waals surface area contributed by atoms with Gasteiger partial charge in [-0.2, -0.15) is 0 Å². The SMILES string of the molecule is Cc1ccc(-c2c(C)sc3nc(CSc4nnc(-c5c[nH]c6ccccc56)o4)[nH]c(=O)c23)cc1. The summed E-state index contributed by atoms with van der Waals surface area (Å²) in [6.45, 7) is 4.08. The first kappa shape index (κ1) is 20.9. The zero-order valence-corrected chi connectivity index (χ0v) is 20.0. The van der Waals surface area contributed by atoms with Crippen molar-refractivity contribution in [2.24, 2.45) is 0 Å². The van der Waals surface area contributed by atoms with Gasteiger partial charge in [-0.15, -0.1) is 21.5 Å². The highest BCUT2D eigenvalue weighted by molar-refractivity contribution is 7.98. The Balaban J connectivity index is 1.27. The van der Waals surface area contributed by atoms with Crippen molar-refractivity contribution in [1.82, 2.24) is 25.1 Å². The molecule has 0 unspecified atom stereocenters. The number of fused-ring (bicyclic) bond motifs is 2. The monoisotopic (exact) mass is 485 g/mol. The first-order valence-corrected chi connectivity index (χ1v) is 12.5. The van der Waals surface area contributed by atoms with Gasteiger partial charge in [0.2, 0.25) is 0 Å². The summed E-state index contributed by atoms with van der Waals surface area (Å²) in [5.41, 5.74) is 4.90. The molecule has 0 aliphatic carbocycles. The Kier molecular flexibility index (Phi) is 5.08. The van der Waals surface area contributed by atoms with Crippen LogP contribution in [0.2, 0.25) is 0 Å². The molecule has 34 heavy (non-hydrogen) atoms. The Hall–Kier alpha value is -3.69. The summed E-state index contributed by atoms with van der Waals surface area (Å²) in [5.74, 6) is 1.44. The Morgan fingerprint density at radius 2 is 1.88 bits per heavy atom. The normalized spacial score (nSPS) is 11.6. The number of rotatable bonds is 5. The van der Waals surface area contributed by atoms with Gasteiger partial charge in [0.1, 0.15) is 10.7 Å². The number of benzene rings is 2. The summed E-state index contributed by atoms with van der Waals surface area (Å²) in [7, 11) is 0. The molecule has 4 aromatic heterocycles. The Morgan fingerprint density at radius 1 is 1.06 bits per heavy atom. The van der Waals surface area contributed by atoms with Gasteiger partial charge in [-0.05, 0) is 25.5 Å². The molecule has 168 valence electrons. The lowest BCUT2D eigenvalue weighted by Crippen LogP contribution is -2.10. The average Bonchev–Trinajstić information content (AvgIpc) is 3.55. The fourth-order valence-electron chi connectivity index (χ4n) is 4.06. The number of thiophene rings is 1. The van der Waals surface area contributed by atoms with Crippen molar-refractivity contribution in [1.29, 1.82) is 0 Å². The van der Waals surface area contributed by atoms with Gasteiger partial charge in [0.15, 0.2) is 0 Å². The lowest BCUT2D eigenvalue weighted by Gasteiger charge is -2.03. The molecule has 4 heterocycles. The third-order valence-corrected chi connectivity index (χ3v) is 7.51. The number of nitrogens with zero attached hydrogens (tertiary/aromatic N) is 3. The van der Waals surface area contributed by atoms with E-state index < -0.39 is 0 Å². The van der Waals surface area contributed by atoms with Crippen LogP contribution in [0.15, 0.2) is 69.2 Å². The zero-order valence-electron chi connectivity index (χ0n) is 18.4. The number of H-pyrrole nitrogens is 2. The summed E-state index contributed by atoms with van der Waals surface area (Å²) in [4.78, 5) is 25.7. The lowest BCUT2D eigenvalue weighted by molar-refractivity contribution is 0.466. The number of aromatic nitrogens is 5. The molecular weight excluding hydrogens is 466 g/mol. The largest absolute Gasteiger partial charge is 0.411 e. The minimum absolute atomic E-state index is 0.134. The van der Waals surface area contributed by atoms with Crippen LogP contribution in [0, 0.1) is 13.8 Å². The lowest BCUT2D eigenvalue weighted by atomic mass is 10.0. The standard InChI is InChI=1S/C25H19N5O2S2/c1-13-7-9-15(10-8-13)20-14(2)34-24-21(20)22(31)27-19(28-24)12-33-25-30-29-23(32-25)17-11-26-18-6-4-3-5-16(17)18/h3-11,26H,12H2,1-2H3,(H,27,28,31). The highest BCUT2D eigenvalue weighted by atomic mass is 32.2. The van der Waals surface area contributed by atoms with Gasteiger partial charge < -0.3 is 14.4 Å². The summed E-state index contributed by atoms with van der Waals surface area (Å²) < 4.78 is 5.87. The minimum atomic E-state index is -0.134. The van der Waals surface area contributed by atoms with Crippen molar-refractivity contribution in [2.75, 3.05) is 0 Å². The van der Waals surface area contributed by atoms with E-state index in [9.17, 15) is 4.79 Å². The molecule has 6 aromatic rings. The highest BCUT2D eigenvalue weighted by Gasteiger charge is 2.18. The molecule has 0 saturated heterocycles. The minimum Gasteiger partial charge on any atom is -0.411 e. The topological polar surface area (TPSA) is 100 Å². The maximum atomic E-state index is 13.0. The van der Waals surface area contributed by atoms with Gasteiger partial charge in [-0.1, -0.05) is 59.8 Å². The van der Waals surface area contributed by atoms with Crippen LogP contribution in [-0.2, 0) is 5.75 Å². The first-order chi connectivity index (χ1) is 16.6. The Labute approximate surface area is 202 Å². The maximum absolute atomic E-state index is 13.0. The zero-order chi connectivity index (χ0) is 23.2. The van der Waals surface area contributed by atoms with E-state index in [4.69, 9.17) is 9.40 Å². The predicted octanol–water partition coefficient (Wildman–Crippen LogP) is 6.09. The van der Waals surface area contributed by atoms with Crippen LogP contribution in [0.5, 0.6) is 0 Å². The van der Waals surface area contributed by atoms with Crippen molar-refractivity contribution >= 4 is 44.2 Å². The van der Waals surface area contributed by atoms with E-state index in [2.05, 4.69) is 32.3 Å². The molecule has 0 aliphatic rings. The number of aromatic amines is 2. The van der Waals surface area contributed by atoms with Crippen LogP contribution in [-0.4, -0.2) is 25.1 Å². The molecule has 6 rings (SSSR count). The van der Waals surface area contributed by atoms with Crippen LogP contribution in [0.4, 0.5) is 0 Å². The van der Waals surface area contributed by atoms with Gasteiger partial charge >= 0.3 is 0 Å². The second-order valence-electron chi connectivity index (χ2n) is 8.00. The van der Waals surface area contributed by atoms with Crippen LogP contribution in [0.3, 0.4) is 0 Å². The fraction of sp³-hybridized carbons (Fsp3) is 0.120. The quantitative estimate of drug-likeness (QED) is 0.287. The molecule has 0 fully saturated rings. The predicted molar refractivity (Wildman–Crippen MR) is 136 cm³/mol. The highest BCUT2D eigenvalue weighted by Crippen LogP contribution is 2.36. The van der Waals surface area contributed by atoms with Crippen LogP contribution in [0.25, 0.3) is 43.7 Å². The van der Waals surface area contributed by atoms with Crippen LogP contribution in [0.1, 0.15) is 16.3 Å². The molecule has 0 bridgehead atoms. The van der Waals surface area contributed by atoms with E-state index in [-0.39, 0.29) is 5.56 Å². The molecule has 7 nitrogen and oxygen atoms in total. The van der Waals surface area contributed by atoms with Gasteiger partial charge in [-0.25, -0.2) is 4.98 Å². The van der Waals surface area contributed by atoms with Crippen molar-refractivity contribution in [3.63, 3.8) is 0 Å². The van der Waals surface area contributed by atoms with Crippen molar-refractivity contribution < 1.29 is 4.42 Å². The number of aryl methyl sites for hydroxylation is 2. The van der Waals surface area contributed by atoms with E-state index in [1.165, 1.54) is 28.7 Å². The summed E-state index contributed by atoms with van der Waals surface area (Å²) in [5, 5.41) is 10.4. The molecular formula is C25H19N5O2S2. The van der Waals surface area contributed by atoms with E-state index >= 15 is 0 Å². The molecule has 0 spiro atoms. The first-order valence-electron chi connectivity index (χ1n) is 10.7. The third-order valence-electron chi connectivity index (χ3n) is 5.69. The van der Waals surface area contributed by atoms with Crippen LogP contribution < -0.4 is 5.56 Å². The second-order valence-corrected chi connectivity index (χ2v) is 10.1. The number of hydrogen-bond acceptors (Lipinski definition) is 7. The van der Waals surface area contributed by atoms with E-state index in [0.29, 0.717) is 28.1 Å². The van der Waals surface area contributed by atoms with Crippen molar-refractivity contribution in [3.8, 4) is 22.6 Å². The van der Waals surface area contributed by atoms with E-state index in [1.54, 1.807) is 0 Å². The molecule has 0 aliphatic heterocycles. The van der Waals surface area contributed by atoms with E-state index in [0.717, 1.165) is 37.3 Å². The molecule has 0 radical (unpaired) electrons. The molecule has 0 amide bonds. The molecule has 0 atom stereocenters. The Bertz CT molecular complexity index is 1710. The number of nitrogens with one attached hydrogen (secondary N) is 2. The molecule has 9 heteroatoms.